The van der Waals surface area contributed by atoms with E-state index in [1.54, 1.807) is 0 Å². The number of nitrogens with one attached hydrogen (secondary N) is 1. The van der Waals surface area contributed by atoms with Gasteiger partial charge in [-0.2, -0.15) is 5.21 Å². The maximum absolute atomic E-state index is 12.8. The highest BCUT2D eigenvalue weighted by atomic mass is 32.2. The first-order valence-corrected chi connectivity index (χ1v) is 9.16. The number of hydrogen-bond acceptors (Lipinski definition) is 7. The van der Waals surface area contributed by atoms with E-state index in [1.807, 2.05) is 13.8 Å². The Morgan fingerprint density at radius 1 is 1.41 bits per heavy atom. The number of aliphatic hydroxyl groups is 2. The Kier molecular flexibility index (Phi) is 3.57. The van der Waals surface area contributed by atoms with E-state index >= 15 is 0 Å². The minimum Gasteiger partial charge on any atom is -0.396 e. The molecule has 2 heterocycles. The molecule has 2 aliphatic rings. The molecule has 0 amide bonds. The molecule has 0 bridgehead atoms. The number of sulfone groups is 1. The maximum Gasteiger partial charge on any atom is 0.206 e. The highest BCUT2D eigenvalue weighted by molar-refractivity contribution is 7.93. The zero-order chi connectivity index (χ0) is 16.2. The summed E-state index contributed by atoms with van der Waals surface area (Å²) in [6, 6.07) is 0. The third-order valence-electron chi connectivity index (χ3n) is 5.50. The number of H-pyrrole nitrogens is 1. The van der Waals surface area contributed by atoms with Crippen molar-refractivity contribution in [3.05, 3.63) is 5.82 Å². The molecule has 4 atom stereocenters. The standard InChI is InChI=1S/C13H22N4O4S/c1-12(2)7-10-9(13(12,19)11-14-16-17-15-11)6-8(4-3-5-18)22(10,20)21/h8-10,18-19H,3-7H2,1-2H3,(H,14,15,16,17)/t8-,9?,10-,13+/m0/s1. The molecule has 0 spiro atoms. The van der Waals surface area contributed by atoms with Crippen molar-refractivity contribution in [1.82, 2.24) is 20.6 Å². The Morgan fingerprint density at radius 3 is 2.73 bits per heavy atom. The van der Waals surface area contributed by atoms with Crippen molar-refractivity contribution >= 4 is 9.84 Å². The van der Waals surface area contributed by atoms with Crippen molar-refractivity contribution in [2.45, 2.75) is 55.6 Å². The molecule has 1 aromatic rings. The summed E-state index contributed by atoms with van der Waals surface area (Å²) in [5.74, 6) is -0.267. The quantitative estimate of drug-likeness (QED) is 0.695. The number of nitrogens with zero attached hydrogens (tertiary/aromatic N) is 3. The van der Waals surface area contributed by atoms with Gasteiger partial charge in [-0.15, -0.1) is 10.2 Å². The largest absolute Gasteiger partial charge is 0.396 e. The molecule has 3 rings (SSSR count). The number of rotatable bonds is 4. The zero-order valence-corrected chi connectivity index (χ0v) is 13.5. The van der Waals surface area contributed by atoms with Crippen LogP contribution in [0, 0.1) is 11.3 Å². The molecule has 22 heavy (non-hydrogen) atoms. The van der Waals surface area contributed by atoms with Crippen molar-refractivity contribution in [1.29, 1.82) is 0 Å². The SMILES string of the molecule is CC1(C)C[C@H]2C(C[C@H](CCCO)S2(=O)=O)[C@@]1(O)c1nn[nH]n1. The topological polar surface area (TPSA) is 129 Å². The number of tetrazole rings is 1. The van der Waals surface area contributed by atoms with Crippen molar-refractivity contribution in [3.63, 3.8) is 0 Å². The van der Waals surface area contributed by atoms with Crippen LogP contribution in [0.5, 0.6) is 0 Å². The van der Waals surface area contributed by atoms with Gasteiger partial charge >= 0.3 is 0 Å². The summed E-state index contributed by atoms with van der Waals surface area (Å²) < 4.78 is 25.5. The molecule has 1 aliphatic carbocycles. The fourth-order valence-corrected chi connectivity index (χ4v) is 7.18. The first-order chi connectivity index (χ1) is 10.2. The van der Waals surface area contributed by atoms with Gasteiger partial charge in [-0.25, -0.2) is 8.42 Å². The highest BCUT2D eigenvalue weighted by Gasteiger charge is 2.68. The number of aliphatic hydroxyl groups excluding tert-OH is 1. The molecule has 0 radical (unpaired) electrons. The van der Waals surface area contributed by atoms with Gasteiger partial charge in [-0.1, -0.05) is 19.1 Å². The summed E-state index contributed by atoms with van der Waals surface area (Å²) in [6.45, 7) is 3.67. The molecular weight excluding hydrogens is 308 g/mol. The van der Waals surface area contributed by atoms with Crippen LogP contribution in [0.3, 0.4) is 0 Å². The van der Waals surface area contributed by atoms with Crippen molar-refractivity contribution < 1.29 is 18.6 Å². The molecule has 2 fully saturated rings. The summed E-state index contributed by atoms with van der Waals surface area (Å²) >= 11 is 0. The van der Waals surface area contributed by atoms with Gasteiger partial charge in [0.2, 0.25) is 5.82 Å². The van der Waals surface area contributed by atoms with E-state index in [9.17, 15) is 13.5 Å². The second-order valence-electron chi connectivity index (χ2n) is 7.05. The smallest absolute Gasteiger partial charge is 0.206 e. The normalized spacial score (nSPS) is 39.0. The number of aromatic nitrogens is 4. The van der Waals surface area contributed by atoms with E-state index in [2.05, 4.69) is 20.6 Å². The zero-order valence-electron chi connectivity index (χ0n) is 12.7. The minimum atomic E-state index is -3.33. The van der Waals surface area contributed by atoms with Crippen LogP contribution >= 0.6 is 0 Å². The molecule has 124 valence electrons. The van der Waals surface area contributed by atoms with Crippen LogP contribution in [0.1, 0.15) is 45.4 Å². The first-order valence-electron chi connectivity index (χ1n) is 7.55. The number of hydrogen-bond donors (Lipinski definition) is 3. The first kappa shape index (κ1) is 15.8. The summed E-state index contributed by atoms with van der Waals surface area (Å²) in [5, 5.41) is 32.9. The third-order valence-corrected chi connectivity index (χ3v) is 8.20. The van der Waals surface area contributed by atoms with E-state index in [1.165, 1.54) is 0 Å². The van der Waals surface area contributed by atoms with Gasteiger partial charge in [0.15, 0.2) is 9.84 Å². The second-order valence-corrected chi connectivity index (χ2v) is 9.50. The molecule has 3 N–H and O–H groups in total. The summed E-state index contributed by atoms with van der Waals surface area (Å²) in [6.07, 6.45) is 1.63. The lowest BCUT2D eigenvalue weighted by molar-refractivity contribution is -0.0906. The van der Waals surface area contributed by atoms with Crippen LogP contribution in [0.4, 0.5) is 0 Å². The van der Waals surface area contributed by atoms with E-state index in [0.717, 1.165) is 0 Å². The molecule has 9 heteroatoms. The Balaban J connectivity index is 2.01. The highest BCUT2D eigenvalue weighted by Crippen LogP contribution is 2.61. The van der Waals surface area contributed by atoms with E-state index < -0.39 is 37.3 Å². The number of aromatic amines is 1. The van der Waals surface area contributed by atoms with Crippen molar-refractivity contribution in [2.75, 3.05) is 6.61 Å². The molecule has 1 unspecified atom stereocenters. The van der Waals surface area contributed by atoms with Crippen molar-refractivity contribution in [2.24, 2.45) is 11.3 Å². The molecular formula is C13H22N4O4S. The van der Waals surface area contributed by atoms with Gasteiger partial charge in [0.05, 0.1) is 10.5 Å². The van der Waals surface area contributed by atoms with Gasteiger partial charge in [-0.3, -0.25) is 0 Å². The summed E-state index contributed by atoms with van der Waals surface area (Å²) in [5.41, 5.74) is -2.06. The lowest BCUT2D eigenvalue weighted by Crippen LogP contribution is -2.43. The molecule has 1 saturated heterocycles. The van der Waals surface area contributed by atoms with Crippen LogP contribution in [0.15, 0.2) is 0 Å². The Bertz CT molecular complexity index is 645. The minimum absolute atomic E-state index is 0.0258. The van der Waals surface area contributed by atoms with Crippen LogP contribution in [-0.2, 0) is 15.4 Å². The average molecular weight is 330 g/mol. The maximum atomic E-state index is 12.8. The van der Waals surface area contributed by atoms with Gasteiger partial charge in [-0.05, 0) is 25.7 Å². The van der Waals surface area contributed by atoms with Gasteiger partial charge in [0.1, 0.15) is 5.60 Å². The van der Waals surface area contributed by atoms with Crippen molar-refractivity contribution in [3.8, 4) is 0 Å². The van der Waals surface area contributed by atoms with Gasteiger partial charge in [0.25, 0.3) is 0 Å². The molecule has 1 saturated carbocycles. The predicted molar refractivity (Wildman–Crippen MR) is 77.4 cm³/mol. The number of fused-ring (bicyclic) bond motifs is 1. The third kappa shape index (κ3) is 1.95. The van der Waals surface area contributed by atoms with Crippen LogP contribution in [0.2, 0.25) is 0 Å². The summed E-state index contributed by atoms with van der Waals surface area (Å²) in [7, 11) is -3.33. The second kappa shape index (κ2) is 4.97. The Hall–Kier alpha value is -1.06. The predicted octanol–water partition coefficient (Wildman–Crippen LogP) is -0.238. The Morgan fingerprint density at radius 2 is 2.14 bits per heavy atom. The van der Waals surface area contributed by atoms with E-state index in [4.69, 9.17) is 5.11 Å². The van der Waals surface area contributed by atoms with E-state index in [-0.39, 0.29) is 12.4 Å². The molecule has 1 aromatic heterocycles. The Labute approximate surface area is 129 Å². The monoisotopic (exact) mass is 330 g/mol. The lowest BCUT2D eigenvalue weighted by Gasteiger charge is -2.37. The molecule has 1 aliphatic heterocycles. The van der Waals surface area contributed by atoms with Crippen LogP contribution in [-0.4, -0.2) is 56.4 Å². The van der Waals surface area contributed by atoms with Crippen LogP contribution < -0.4 is 0 Å². The van der Waals surface area contributed by atoms with E-state index in [0.29, 0.717) is 25.7 Å². The molecule has 0 aromatic carbocycles. The lowest BCUT2D eigenvalue weighted by atomic mass is 9.72. The fourth-order valence-electron chi connectivity index (χ4n) is 4.30. The summed E-state index contributed by atoms with van der Waals surface area (Å²) in [4.78, 5) is 0. The average Bonchev–Trinajstić information content (AvgIpc) is 3.09. The fraction of sp³-hybridized carbons (Fsp3) is 0.923. The van der Waals surface area contributed by atoms with Crippen LogP contribution in [0.25, 0.3) is 0 Å². The van der Waals surface area contributed by atoms with Gasteiger partial charge < -0.3 is 10.2 Å². The molecule has 8 nitrogen and oxygen atoms in total. The van der Waals surface area contributed by atoms with Gasteiger partial charge in [0, 0.05) is 17.9 Å².